The van der Waals surface area contributed by atoms with Gasteiger partial charge in [-0.2, -0.15) is 0 Å². The highest BCUT2D eigenvalue weighted by atomic mass is 19.4. The van der Waals surface area contributed by atoms with Gasteiger partial charge in [-0.3, -0.25) is 0 Å². The average Bonchev–Trinajstić information content (AvgIpc) is 2.28. The summed E-state index contributed by atoms with van der Waals surface area (Å²) in [4.78, 5) is 0. The van der Waals surface area contributed by atoms with Gasteiger partial charge < -0.3 is 15.2 Å². The SMILES string of the molecule is CCNC(CCO)c1ccc(OC(F)(F)F)cc1. The zero-order valence-corrected chi connectivity index (χ0v) is 10.00. The zero-order chi connectivity index (χ0) is 13.6. The zero-order valence-electron chi connectivity index (χ0n) is 10.00. The molecule has 0 aromatic heterocycles. The molecule has 0 saturated carbocycles. The van der Waals surface area contributed by atoms with Crippen molar-refractivity contribution >= 4 is 0 Å². The number of hydrogen-bond donors (Lipinski definition) is 2. The predicted octanol–water partition coefficient (Wildman–Crippen LogP) is 2.62. The van der Waals surface area contributed by atoms with Crippen LogP contribution in [0.3, 0.4) is 0 Å². The minimum absolute atomic E-state index is 0.0124. The Morgan fingerprint density at radius 3 is 2.33 bits per heavy atom. The monoisotopic (exact) mass is 263 g/mol. The van der Waals surface area contributed by atoms with Crippen LogP contribution in [0.25, 0.3) is 0 Å². The molecular weight excluding hydrogens is 247 g/mol. The van der Waals surface area contributed by atoms with Gasteiger partial charge in [0.15, 0.2) is 0 Å². The van der Waals surface area contributed by atoms with E-state index in [0.717, 1.165) is 5.56 Å². The van der Waals surface area contributed by atoms with E-state index in [4.69, 9.17) is 5.11 Å². The van der Waals surface area contributed by atoms with Gasteiger partial charge in [0.2, 0.25) is 0 Å². The maximum absolute atomic E-state index is 12.0. The van der Waals surface area contributed by atoms with Crippen LogP contribution in [-0.2, 0) is 0 Å². The molecule has 102 valence electrons. The topological polar surface area (TPSA) is 41.5 Å². The summed E-state index contributed by atoms with van der Waals surface area (Å²) in [7, 11) is 0. The largest absolute Gasteiger partial charge is 0.573 e. The summed E-state index contributed by atoms with van der Waals surface area (Å²) in [6, 6.07) is 5.59. The Morgan fingerprint density at radius 1 is 1.28 bits per heavy atom. The van der Waals surface area contributed by atoms with E-state index in [9.17, 15) is 13.2 Å². The van der Waals surface area contributed by atoms with Crippen molar-refractivity contribution in [1.82, 2.24) is 5.32 Å². The molecule has 1 aromatic carbocycles. The highest BCUT2D eigenvalue weighted by molar-refractivity contribution is 5.29. The molecule has 0 saturated heterocycles. The van der Waals surface area contributed by atoms with Gasteiger partial charge in [0.1, 0.15) is 5.75 Å². The number of ether oxygens (including phenoxy) is 1. The third kappa shape index (κ3) is 4.93. The Balaban J connectivity index is 2.73. The van der Waals surface area contributed by atoms with Gasteiger partial charge in [0.05, 0.1) is 0 Å². The fourth-order valence-corrected chi connectivity index (χ4v) is 1.66. The van der Waals surface area contributed by atoms with Crippen molar-refractivity contribution in [2.45, 2.75) is 25.7 Å². The molecule has 0 amide bonds. The Kier molecular flexibility index (Phi) is 5.43. The quantitative estimate of drug-likeness (QED) is 0.829. The number of hydrogen-bond acceptors (Lipinski definition) is 3. The molecule has 0 aliphatic heterocycles. The molecule has 1 aromatic rings. The first kappa shape index (κ1) is 14.8. The lowest BCUT2D eigenvalue weighted by Crippen LogP contribution is -2.22. The highest BCUT2D eigenvalue weighted by Gasteiger charge is 2.31. The van der Waals surface area contributed by atoms with E-state index in [2.05, 4.69) is 10.1 Å². The lowest BCUT2D eigenvalue weighted by molar-refractivity contribution is -0.274. The van der Waals surface area contributed by atoms with Crippen LogP contribution in [0.2, 0.25) is 0 Å². The second kappa shape index (κ2) is 6.61. The Morgan fingerprint density at radius 2 is 1.89 bits per heavy atom. The van der Waals surface area contributed by atoms with Crippen LogP contribution in [0.1, 0.15) is 24.9 Å². The second-order valence-corrected chi connectivity index (χ2v) is 3.74. The van der Waals surface area contributed by atoms with Gasteiger partial charge in [0, 0.05) is 12.6 Å². The first-order chi connectivity index (χ1) is 8.46. The fraction of sp³-hybridized carbons (Fsp3) is 0.500. The van der Waals surface area contributed by atoms with Gasteiger partial charge in [-0.25, -0.2) is 0 Å². The highest BCUT2D eigenvalue weighted by Crippen LogP contribution is 2.25. The number of rotatable bonds is 6. The number of nitrogens with one attached hydrogen (secondary N) is 1. The Bertz CT molecular complexity index is 345. The summed E-state index contributed by atoms with van der Waals surface area (Å²) in [6.45, 7) is 2.65. The standard InChI is InChI=1S/C12H16F3NO2/c1-2-16-11(7-8-17)9-3-5-10(6-4-9)18-12(13,14)15/h3-6,11,16-17H,2,7-8H2,1H3. The van der Waals surface area contributed by atoms with E-state index in [1.54, 1.807) is 12.1 Å². The molecule has 1 unspecified atom stereocenters. The van der Waals surface area contributed by atoms with Crippen LogP contribution in [0.15, 0.2) is 24.3 Å². The van der Waals surface area contributed by atoms with E-state index in [1.807, 2.05) is 6.92 Å². The summed E-state index contributed by atoms with van der Waals surface area (Å²) in [6.07, 6.45) is -4.17. The number of aliphatic hydroxyl groups is 1. The first-order valence-corrected chi connectivity index (χ1v) is 5.66. The summed E-state index contributed by atoms with van der Waals surface area (Å²) in [5, 5.41) is 12.1. The van der Waals surface area contributed by atoms with Crippen molar-refractivity contribution in [2.75, 3.05) is 13.2 Å². The van der Waals surface area contributed by atoms with E-state index >= 15 is 0 Å². The second-order valence-electron chi connectivity index (χ2n) is 3.74. The first-order valence-electron chi connectivity index (χ1n) is 5.66. The Labute approximate surface area is 104 Å². The minimum Gasteiger partial charge on any atom is -0.406 e. The molecule has 0 aliphatic carbocycles. The maximum atomic E-state index is 12.0. The summed E-state index contributed by atoms with van der Waals surface area (Å²) in [5.41, 5.74) is 0.820. The van der Waals surface area contributed by atoms with Crippen molar-refractivity contribution in [2.24, 2.45) is 0 Å². The van der Waals surface area contributed by atoms with Crippen LogP contribution >= 0.6 is 0 Å². The van der Waals surface area contributed by atoms with E-state index in [-0.39, 0.29) is 18.4 Å². The van der Waals surface area contributed by atoms with Crippen molar-refractivity contribution in [3.8, 4) is 5.75 Å². The van der Waals surface area contributed by atoms with Crippen LogP contribution in [0.5, 0.6) is 5.75 Å². The molecule has 0 aliphatic rings. The molecule has 18 heavy (non-hydrogen) atoms. The number of benzene rings is 1. The van der Waals surface area contributed by atoms with Crippen molar-refractivity contribution in [3.05, 3.63) is 29.8 Å². The summed E-state index contributed by atoms with van der Waals surface area (Å²) >= 11 is 0. The van der Waals surface area contributed by atoms with Gasteiger partial charge in [-0.05, 0) is 30.7 Å². The van der Waals surface area contributed by atoms with Crippen molar-refractivity contribution in [3.63, 3.8) is 0 Å². The Hall–Kier alpha value is -1.27. The van der Waals surface area contributed by atoms with Crippen LogP contribution in [0, 0.1) is 0 Å². The maximum Gasteiger partial charge on any atom is 0.573 e. The minimum atomic E-state index is -4.67. The van der Waals surface area contributed by atoms with Gasteiger partial charge in [0.25, 0.3) is 0 Å². The van der Waals surface area contributed by atoms with Crippen molar-refractivity contribution in [1.29, 1.82) is 0 Å². The molecule has 0 heterocycles. The summed E-state index contributed by atoms with van der Waals surface area (Å²) in [5.74, 6) is -0.245. The fourth-order valence-electron chi connectivity index (χ4n) is 1.66. The van der Waals surface area contributed by atoms with E-state index in [0.29, 0.717) is 13.0 Å². The molecule has 1 atom stereocenters. The van der Waals surface area contributed by atoms with E-state index in [1.165, 1.54) is 12.1 Å². The lowest BCUT2D eigenvalue weighted by Gasteiger charge is -2.17. The van der Waals surface area contributed by atoms with Gasteiger partial charge in [-0.15, -0.1) is 13.2 Å². The molecule has 0 spiro atoms. The smallest absolute Gasteiger partial charge is 0.406 e. The molecule has 0 radical (unpaired) electrons. The third-order valence-corrected chi connectivity index (χ3v) is 2.38. The molecule has 2 N–H and O–H groups in total. The third-order valence-electron chi connectivity index (χ3n) is 2.38. The molecule has 0 fully saturated rings. The number of halogens is 3. The normalized spacial score (nSPS) is 13.4. The van der Waals surface area contributed by atoms with Crippen LogP contribution < -0.4 is 10.1 Å². The van der Waals surface area contributed by atoms with E-state index < -0.39 is 6.36 Å². The predicted molar refractivity (Wildman–Crippen MR) is 61.2 cm³/mol. The number of aliphatic hydroxyl groups excluding tert-OH is 1. The number of alkyl halides is 3. The molecule has 6 heteroatoms. The van der Waals surface area contributed by atoms with Crippen LogP contribution in [-0.4, -0.2) is 24.6 Å². The molecular formula is C12H16F3NO2. The lowest BCUT2D eigenvalue weighted by atomic mass is 10.0. The van der Waals surface area contributed by atoms with Gasteiger partial charge >= 0.3 is 6.36 Å². The molecule has 1 rings (SSSR count). The molecule has 3 nitrogen and oxygen atoms in total. The summed E-state index contributed by atoms with van der Waals surface area (Å²) < 4.78 is 39.7. The van der Waals surface area contributed by atoms with Gasteiger partial charge in [-0.1, -0.05) is 19.1 Å². The molecule has 0 bridgehead atoms. The average molecular weight is 263 g/mol. The van der Waals surface area contributed by atoms with Crippen LogP contribution in [0.4, 0.5) is 13.2 Å². The van der Waals surface area contributed by atoms with Crippen molar-refractivity contribution < 1.29 is 23.0 Å².